The average molecular weight is 274 g/mol. The molecule has 0 unspecified atom stereocenters. The van der Waals surface area contributed by atoms with Crippen molar-refractivity contribution in [3.05, 3.63) is 0 Å². The molecule has 0 aliphatic rings. The molecule has 19 heavy (non-hydrogen) atoms. The van der Waals surface area contributed by atoms with Crippen molar-refractivity contribution in [3.8, 4) is 0 Å². The van der Waals surface area contributed by atoms with Crippen molar-refractivity contribution < 1.29 is 19.4 Å². The summed E-state index contributed by atoms with van der Waals surface area (Å²) in [5.74, 6) is 0.362. The van der Waals surface area contributed by atoms with Crippen LogP contribution in [0.4, 0.5) is 0 Å². The third-order valence-corrected chi connectivity index (χ3v) is 3.06. The number of ketones is 1. The molecule has 0 bridgehead atoms. The molecule has 0 aliphatic heterocycles. The van der Waals surface area contributed by atoms with Gasteiger partial charge in [0.05, 0.1) is 12.7 Å². The van der Waals surface area contributed by atoms with Gasteiger partial charge in [-0.1, -0.05) is 32.6 Å². The lowest BCUT2D eigenvalue weighted by atomic mass is 10.0. The summed E-state index contributed by atoms with van der Waals surface area (Å²) in [5.41, 5.74) is 0. The molecule has 4 heteroatoms. The van der Waals surface area contributed by atoms with Crippen LogP contribution in [0.1, 0.15) is 64.7 Å². The maximum absolute atomic E-state index is 11.6. The van der Waals surface area contributed by atoms with Crippen molar-refractivity contribution in [1.29, 1.82) is 0 Å². The second-order valence-corrected chi connectivity index (χ2v) is 5.03. The Morgan fingerprint density at radius 1 is 1.11 bits per heavy atom. The molecule has 0 aromatic heterocycles. The maximum atomic E-state index is 11.6. The number of carbonyl (C=O) groups is 1. The Balaban J connectivity index is 3.30. The Bertz CT molecular complexity index is 206. The van der Waals surface area contributed by atoms with Gasteiger partial charge in [0.25, 0.3) is 0 Å². The molecule has 0 aromatic rings. The van der Waals surface area contributed by atoms with Gasteiger partial charge in [-0.15, -0.1) is 0 Å². The summed E-state index contributed by atoms with van der Waals surface area (Å²) in [6.07, 6.45) is 7.97. The standard InChI is InChI=1S/C15H30O4/c1-3-4-5-6-9-14(16)10-7-8-11-15(17)12-19-13-18-2/h15,17H,3-13H2,1-2H3/t15-/m1/s1. The molecule has 4 nitrogen and oxygen atoms in total. The van der Waals surface area contributed by atoms with Gasteiger partial charge in [-0.25, -0.2) is 0 Å². The minimum absolute atomic E-state index is 0.216. The van der Waals surface area contributed by atoms with Crippen LogP contribution < -0.4 is 0 Å². The first kappa shape index (κ1) is 18.6. The van der Waals surface area contributed by atoms with Crippen molar-refractivity contribution in [2.24, 2.45) is 0 Å². The topological polar surface area (TPSA) is 55.8 Å². The van der Waals surface area contributed by atoms with E-state index in [4.69, 9.17) is 9.47 Å². The molecule has 0 amide bonds. The summed E-state index contributed by atoms with van der Waals surface area (Å²) >= 11 is 0. The van der Waals surface area contributed by atoms with Crippen LogP contribution in [0.15, 0.2) is 0 Å². The van der Waals surface area contributed by atoms with Crippen LogP contribution in [0.25, 0.3) is 0 Å². The van der Waals surface area contributed by atoms with Gasteiger partial charge in [-0.2, -0.15) is 0 Å². The Kier molecular flexibility index (Phi) is 13.6. The van der Waals surface area contributed by atoms with Crippen LogP contribution in [0.2, 0.25) is 0 Å². The average Bonchev–Trinajstić information content (AvgIpc) is 2.40. The van der Waals surface area contributed by atoms with E-state index in [0.29, 0.717) is 25.2 Å². The lowest BCUT2D eigenvalue weighted by molar-refractivity contribution is -0.119. The van der Waals surface area contributed by atoms with Crippen LogP contribution in [0, 0.1) is 0 Å². The lowest BCUT2D eigenvalue weighted by Gasteiger charge is -2.10. The van der Waals surface area contributed by atoms with Crippen LogP contribution >= 0.6 is 0 Å². The number of methoxy groups -OCH3 is 1. The fourth-order valence-electron chi connectivity index (χ4n) is 1.93. The first-order valence-electron chi connectivity index (χ1n) is 7.47. The van der Waals surface area contributed by atoms with Gasteiger partial charge in [0.2, 0.25) is 0 Å². The molecular formula is C15H30O4. The van der Waals surface area contributed by atoms with E-state index in [-0.39, 0.29) is 6.79 Å². The molecule has 1 N–H and O–H groups in total. The van der Waals surface area contributed by atoms with Crippen LogP contribution in [0.5, 0.6) is 0 Å². The predicted molar refractivity (Wildman–Crippen MR) is 76.1 cm³/mol. The van der Waals surface area contributed by atoms with Gasteiger partial charge in [0.15, 0.2) is 0 Å². The Hall–Kier alpha value is -0.450. The first-order valence-corrected chi connectivity index (χ1v) is 7.47. The van der Waals surface area contributed by atoms with Gasteiger partial charge in [-0.05, 0) is 19.3 Å². The highest BCUT2D eigenvalue weighted by Gasteiger charge is 2.06. The van der Waals surface area contributed by atoms with E-state index in [1.807, 2.05) is 0 Å². The summed E-state index contributed by atoms with van der Waals surface area (Å²) < 4.78 is 9.79. The number of hydrogen-bond acceptors (Lipinski definition) is 4. The predicted octanol–water partition coefficient (Wildman–Crippen LogP) is 3.07. The number of aliphatic hydroxyl groups excluding tert-OH is 1. The molecule has 0 saturated carbocycles. The third kappa shape index (κ3) is 13.8. The zero-order chi connectivity index (χ0) is 14.3. The zero-order valence-electron chi connectivity index (χ0n) is 12.5. The summed E-state index contributed by atoms with van der Waals surface area (Å²) in [7, 11) is 1.55. The lowest BCUT2D eigenvalue weighted by Crippen LogP contribution is -2.16. The summed E-state index contributed by atoms with van der Waals surface area (Å²) in [6, 6.07) is 0. The SMILES string of the molecule is CCCCCCC(=O)CCCC[C@@H](O)COCOC. The van der Waals surface area contributed by atoms with Crippen LogP contribution in [0.3, 0.4) is 0 Å². The van der Waals surface area contributed by atoms with Gasteiger partial charge in [0, 0.05) is 20.0 Å². The van der Waals surface area contributed by atoms with Crippen molar-refractivity contribution in [2.75, 3.05) is 20.5 Å². The number of rotatable bonds is 14. The molecule has 0 aromatic carbocycles. The van der Waals surface area contributed by atoms with Gasteiger partial charge in [0.1, 0.15) is 12.6 Å². The highest BCUT2D eigenvalue weighted by molar-refractivity contribution is 5.78. The van der Waals surface area contributed by atoms with E-state index in [2.05, 4.69) is 6.92 Å². The zero-order valence-corrected chi connectivity index (χ0v) is 12.5. The number of unbranched alkanes of at least 4 members (excludes halogenated alkanes) is 4. The van der Waals surface area contributed by atoms with E-state index >= 15 is 0 Å². The van der Waals surface area contributed by atoms with Crippen LogP contribution in [-0.2, 0) is 14.3 Å². The summed E-state index contributed by atoms with van der Waals surface area (Å²) in [5, 5.41) is 9.58. The van der Waals surface area contributed by atoms with E-state index in [1.54, 1.807) is 7.11 Å². The maximum Gasteiger partial charge on any atom is 0.146 e. The normalized spacial score (nSPS) is 12.6. The molecule has 114 valence electrons. The van der Waals surface area contributed by atoms with E-state index in [9.17, 15) is 9.90 Å². The quantitative estimate of drug-likeness (QED) is 0.391. The number of carbonyl (C=O) groups excluding carboxylic acids is 1. The molecule has 0 radical (unpaired) electrons. The Labute approximate surface area is 117 Å². The number of aliphatic hydroxyl groups is 1. The summed E-state index contributed by atoms with van der Waals surface area (Å²) in [4.78, 5) is 11.6. The smallest absolute Gasteiger partial charge is 0.146 e. The van der Waals surface area contributed by atoms with Crippen molar-refractivity contribution in [3.63, 3.8) is 0 Å². The molecule has 0 saturated heterocycles. The van der Waals surface area contributed by atoms with E-state index < -0.39 is 6.10 Å². The minimum atomic E-state index is -0.449. The van der Waals surface area contributed by atoms with Crippen molar-refractivity contribution in [2.45, 2.75) is 70.8 Å². The molecule has 0 spiro atoms. The van der Waals surface area contributed by atoms with Gasteiger partial charge < -0.3 is 14.6 Å². The second-order valence-electron chi connectivity index (χ2n) is 5.03. The molecule has 0 aliphatic carbocycles. The van der Waals surface area contributed by atoms with Crippen LogP contribution in [-0.4, -0.2) is 37.5 Å². The highest BCUT2D eigenvalue weighted by Crippen LogP contribution is 2.09. The second kappa shape index (κ2) is 14.0. The molecular weight excluding hydrogens is 244 g/mol. The monoisotopic (exact) mass is 274 g/mol. The fourth-order valence-corrected chi connectivity index (χ4v) is 1.93. The third-order valence-electron chi connectivity index (χ3n) is 3.06. The van der Waals surface area contributed by atoms with Crippen molar-refractivity contribution in [1.82, 2.24) is 0 Å². The summed E-state index contributed by atoms with van der Waals surface area (Å²) in [6.45, 7) is 2.69. The van der Waals surface area contributed by atoms with Crippen molar-refractivity contribution >= 4 is 5.78 Å². The molecule has 1 atom stereocenters. The molecule has 0 heterocycles. The van der Waals surface area contributed by atoms with Gasteiger partial charge in [-0.3, -0.25) is 4.79 Å². The first-order chi connectivity index (χ1) is 9.20. The number of Topliss-reactive ketones (excluding diaryl/α,β-unsaturated/α-hetero) is 1. The molecule has 0 rings (SSSR count). The minimum Gasteiger partial charge on any atom is -0.391 e. The van der Waals surface area contributed by atoms with E-state index in [1.165, 1.54) is 12.8 Å². The highest BCUT2D eigenvalue weighted by atomic mass is 16.7. The Morgan fingerprint density at radius 2 is 1.79 bits per heavy atom. The largest absolute Gasteiger partial charge is 0.391 e. The molecule has 0 fully saturated rings. The van der Waals surface area contributed by atoms with E-state index in [0.717, 1.165) is 32.1 Å². The fraction of sp³-hybridized carbons (Fsp3) is 0.933. The number of ether oxygens (including phenoxy) is 2. The van der Waals surface area contributed by atoms with Gasteiger partial charge >= 0.3 is 0 Å². The number of hydrogen-bond donors (Lipinski definition) is 1. The Morgan fingerprint density at radius 3 is 2.42 bits per heavy atom.